The van der Waals surface area contributed by atoms with Gasteiger partial charge in [-0.25, -0.2) is 0 Å². The van der Waals surface area contributed by atoms with E-state index in [-0.39, 0.29) is 5.91 Å². The standard InChI is InChI=1S/C14H19Cl3N2O/c1-4-19(5-2)13(14(15,16)17)18-12(20)11-9-7-6-8-10(11)3/h6-9,13H,4-5H2,1-3H3,(H,18,20)/p+1/t13-/m1/s1. The van der Waals surface area contributed by atoms with Crippen molar-refractivity contribution in [2.24, 2.45) is 0 Å². The summed E-state index contributed by atoms with van der Waals surface area (Å²) in [6.45, 7) is 7.36. The molecule has 1 rings (SSSR count). The Morgan fingerprint density at radius 1 is 1.25 bits per heavy atom. The molecule has 1 amide bonds. The van der Waals surface area contributed by atoms with Crippen molar-refractivity contribution >= 4 is 40.7 Å². The summed E-state index contributed by atoms with van der Waals surface area (Å²) in [6.07, 6.45) is -0.588. The molecule has 1 aromatic rings. The maximum atomic E-state index is 12.4. The molecule has 0 saturated heterocycles. The molecule has 0 radical (unpaired) electrons. The van der Waals surface area contributed by atoms with Crippen molar-refractivity contribution in [3.05, 3.63) is 35.4 Å². The Hall–Kier alpha value is -0.480. The van der Waals surface area contributed by atoms with E-state index in [2.05, 4.69) is 5.32 Å². The van der Waals surface area contributed by atoms with E-state index in [0.29, 0.717) is 5.56 Å². The number of halogens is 3. The van der Waals surface area contributed by atoms with Crippen LogP contribution in [0.3, 0.4) is 0 Å². The van der Waals surface area contributed by atoms with Crippen LogP contribution in [0.25, 0.3) is 0 Å². The van der Waals surface area contributed by atoms with Gasteiger partial charge in [-0.1, -0.05) is 53.0 Å². The molecule has 6 heteroatoms. The second kappa shape index (κ2) is 7.51. The van der Waals surface area contributed by atoms with Gasteiger partial charge in [-0.05, 0) is 32.4 Å². The monoisotopic (exact) mass is 337 g/mol. The summed E-state index contributed by atoms with van der Waals surface area (Å²) in [6, 6.07) is 7.34. The van der Waals surface area contributed by atoms with Crippen LogP contribution >= 0.6 is 34.8 Å². The van der Waals surface area contributed by atoms with Crippen molar-refractivity contribution in [3.63, 3.8) is 0 Å². The van der Waals surface area contributed by atoms with Gasteiger partial charge >= 0.3 is 0 Å². The van der Waals surface area contributed by atoms with Gasteiger partial charge in [-0.2, -0.15) is 0 Å². The summed E-state index contributed by atoms with van der Waals surface area (Å²) in [4.78, 5) is 13.4. The molecule has 0 aliphatic heterocycles. The fraction of sp³-hybridized carbons (Fsp3) is 0.500. The first kappa shape index (κ1) is 17.6. The molecule has 0 aliphatic rings. The van der Waals surface area contributed by atoms with Gasteiger partial charge in [0.2, 0.25) is 6.17 Å². The van der Waals surface area contributed by atoms with Gasteiger partial charge in [-0.15, -0.1) is 0 Å². The number of quaternary nitrogens is 1. The van der Waals surface area contributed by atoms with Crippen molar-refractivity contribution in [1.82, 2.24) is 5.32 Å². The van der Waals surface area contributed by atoms with Crippen LogP contribution in [0.15, 0.2) is 24.3 Å². The third kappa shape index (κ3) is 4.52. The van der Waals surface area contributed by atoms with E-state index in [1.54, 1.807) is 6.07 Å². The molecule has 0 saturated carbocycles. The topological polar surface area (TPSA) is 33.5 Å². The largest absolute Gasteiger partial charge is 0.312 e. The molecule has 0 spiro atoms. The van der Waals surface area contributed by atoms with Crippen molar-refractivity contribution < 1.29 is 9.69 Å². The van der Waals surface area contributed by atoms with Gasteiger partial charge in [0.05, 0.1) is 13.1 Å². The predicted octanol–water partition coefficient (Wildman–Crippen LogP) is 2.35. The number of rotatable bonds is 5. The molecule has 2 N–H and O–H groups in total. The lowest BCUT2D eigenvalue weighted by Crippen LogP contribution is -3.18. The molecule has 3 nitrogen and oxygen atoms in total. The minimum absolute atomic E-state index is 0.223. The van der Waals surface area contributed by atoms with Crippen LogP contribution in [-0.2, 0) is 0 Å². The highest BCUT2D eigenvalue weighted by atomic mass is 35.6. The number of carbonyl (C=O) groups excluding carboxylic acids is 1. The average molecular weight is 339 g/mol. The molecular formula is C14H20Cl3N2O+. The Morgan fingerprint density at radius 2 is 1.80 bits per heavy atom. The van der Waals surface area contributed by atoms with Gasteiger partial charge < -0.3 is 4.90 Å². The molecule has 1 atom stereocenters. The van der Waals surface area contributed by atoms with E-state index in [1.807, 2.05) is 39.0 Å². The lowest BCUT2D eigenvalue weighted by molar-refractivity contribution is -0.923. The normalized spacial score (nSPS) is 13.3. The number of benzene rings is 1. The summed E-state index contributed by atoms with van der Waals surface area (Å²) < 4.78 is -1.56. The zero-order valence-corrected chi connectivity index (χ0v) is 14.1. The van der Waals surface area contributed by atoms with Gasteiger partial charge in [0.1, 0.15) is 0 Å². The first-order chi connectivity index (χ1) is 9.31. The maximum Gasteiger partial charge on any atom is 0.262 e. The lowest BCUT2D eigenvalue weighted by Gasteiger charge is -2.32. The number of nitrogens with one attached hydrogen (secondary N) is 2. The first-order valence-electron chi connectivity index (χ1n) is 6.59. The molecule has 112 valence electrons. The Balaban J connectivity index is 2.96. The molecule has 20 heavy (non-hydrogen) atoms. The fourth-order valence-corrected chi connectivity index (χ4v) is 2.74. The molecule has 0 bridgehead atoms. The fourth-order valence-electron chi connectivity index (χ4n) is 2.11. The van der Waals surface area contributed by atoms with Crippen LogP contribution in [-0.4, -0.2) is 29.0 Å². The SMILES string of the molecule is CC[NH+](CC)[C@@H](NC(=O)c1ccccc1C)C(Cl)(Cl)Cl. The molecule has 0 unspecified atom stereocenters. The molecule has 0 fully saturated rings. The van der Waals surface area contributed by atoms with Crippen molar-refractivity contribution in [3.8, 4) is 0 Å². The number of alkyl halides is 3. The molecule has 0 heterocycles. The van der Waals surface area contributed by atoms with Crippen molar-refractivity contribution in [2.75, 3.05) is 13.1 Å². The second-order valence-corrected chi connectivity index (χ2v) is 7.00. The van der Waals surface area contributed by atoms with Crippen molar-refractivity contribution in [1.29, 1.82) is 0 Å². The molecule has 0 aromatic heterocycles. The predicted molar refractivity (Wildman–Crippen MR) is 84.8 cm³/mol. The van der Waals surface area contributed by atoms with E-state index in [4.69, 9.17) is 34.8 Å². The number of aryl methyl sites for hydroxylation is 1. The highest BCUT2D eigenvalue weighted by Crippen LogP contribution is 2.28. The average Bonchev–Trinajstić information content (AvgIpc) is 2.38. The van der Waals surface area contributed by atoms with Gasteiger partial charge in [0.25, 0.3) is 9.70 Å². The van der Waals surface area contributed by atoms with E-state index in [1.165, 1.54) is 0 Å². The number of hydrogen-bond donors (Lipinski definition) is 2. The Bertz CT molecular complexity index is 456. The van der Waals surface area contributed by atoms with Crippen LogP contribution in [0.1, 0.15) is 29.8 Å². The van der Waals surface area contributed by atoms with E-state index >= 15 is 0 Å². The summed E-state index contributed by atoms with van der Waals surface area (Å²) in [5, 5.41) is 2.84. The summed E-state index contributed by atoms with van der Waals surface area (Å²) in [5.41, 5.74) is 1.49. The summed E-state index contributed by atoms with van der Waals surface area (Å²) in [7, 11) is 0. The van der Waals surface area contributed by atoms with Crippen molar-refractivity contribution in [2.45, 2.75) is 30.7 Å². The minimum Gasteiger partial charge on any atom is -0.312 e. The van der Waals surface area contributed by atoms with Crippen LogP contribution in [0.4, 0.5) is 0 Å². The first-order valence-corrected chi connectivity index (χ1v) is 7.72. The zero-order chi connectivity index (χ0) is 15.3. The molecule has 0 aliphatic carbocycles. The zero-order valence-electron chi connectivity index (χ0n) is 11.8. The van der Waals surface area contributed by atoms with E-state index in [0.717, 1.165) is 23.6 Å². The Morgan fingerprint density at radius 3 is 2.25 bits per heavy atom. The summed E-state index contributed by atoms with van der Waals surface area (Å²) in [5.74, 6) is -0.223. The maximum absolute atomic E-state index is 12.4. The third-order valence-corrected chi connectivity index (χ3v) is 3.96. The van der Waals surface area contributed by atoms with E-state index in [9.17, 15) is 4.79 Å². The van der Waals surface area contributed by atoms with Crippen LogP contribution < -0.4 is 10.2 Å². The number of carbonyl (C=O) groups is 1. The number of amides is 1. The second-order valence-electron chi connectivity index (χ2n) is 4.63. The van der Waals surface area contributed by atoms with Gasteiger partial charge in [-0.3, -0.25) is 10.1 Å². The number of hydrogen-bond acceptors (Lipinski definition) is 1. The molecule has 1 aromatic carbocycles. The lowest BCUT2D eigenvalue weighted by atomic mass is 10.1. The summed E-state index contributed by atoms with van der Waals surface area (Å²) >= 11 is 18.1. The van der Waals surface area contributed by atoms with Crippen LogP contribution in [0.2, 0.25) is 0 Å². The smallest absolute Gasteiger partial charge is 0.262 e. The Labute approximate surface area is 135 Å². The Kier molecular flexibility index (Phi) is 6.59. The highest BCUT2D eigenvalue weighted by Gasteiger charge is 2.41. The van der Waals surface area contributed by atoms with Crippen LogP contribution in [0, 0.1) is 6.92 Å². The quantitative estimate of drug-likeness (QED) is 0.627. The van der Waals surface area contributed by atoms with Gasteiger partial charge in [0.15, 0.2) is 0 Å². The van der Waals surface area contributed by atoms with Gasteiger partial charge in [0, 0.05) is 5.56 Å². The van der Waals surface area contributed by atoms with E-state index < -0.39 is 9.96 Å². The van der Waals surface area contributed by atoms with Crippen LogP contribution in [0.5, 0.6) is 0 Å². The minimum atomic E-state index is -1.56. The highest BCUT2D eigenvalue weighted by molar-refractivity contribution is 6.68. The molecular weight excluding hydrogens is 319 g/mol. The third-order valence-electron chi connectivity index (χ3n) is 3.31.